The van der Waals surface area contributed by atoms with Crippen molar-refractivity contribution in [1.82, 2.24) is 20.2 Å². The normalized spacial score (nSPS) is 14.7. The fraction of sp³-hybridized carbons (Fsp3) is 0.188. The molecule has 0 aliphatic heterocycles. The molecule has 0 radical (unpaired) electrons. The van der Waals surface area contributed by atoms with Crippen LogP contribution in [0.15, 0.2) is 42.9 Å². The second-order valence-corrected chi connectivity index (χ2v) is 5.05. The molecule has 20 heavy (non-hydrogen) atoms. The van der Waals surface area contributed by atoms with E-state index in [0.29, 0.717) is 0 Å². The zero-order valence-electron chi connectivity index (χ0n) is 11.0. The van der Waals surface area contributed by atoms with Crippen molar-refractivity contribution in [3.63, 3.8) is 0 Å². The van der Waals surface area contributed by atoms with Gasteiger partial charge in [-0.2, -0.15) is 5.10 Å². The molecule has 0 fully saturated rings. The molecule has 0 saturated heterocycles. The van der Waals surface area contributed by atoms with Crippen molar-refractivity contribution in [2.75, 3.05) is 0 Å². The zero-order valence-corrected chi connectivity index (χ0v) is 11.0. The van der Waals surface area contributed by atoms with E-state index in [1.165, 1.54) is 12.0 Å². The maximum absolute atomic E-state index is 4.49. The summed E-state index contributed by atoms with van der Waals surface area (Å²) in [7, 11) is 0. The molecule has 0 aromatic carbocycles. The first-order valence-electron chi connectivity index (χ1n) is 6.86. The lowest BCUT2D eigenvalue weighted by molar-refractivity contribution is 0.931. The molecule has 0 saturated carbocycles. The molecule has 98 valence electrons. The standard InChI is InChI=1S/C16H14N4/c1-2-5-11(4-1)16-13-8-14(12-6-3-7-17-9-12)18-10-15(13)19-20-16/h3-4,6-10H,1-2,5H2,(H,19,20). The summed E-state index contributed by atoms with van der Waals surface area (Å²) in [4.78, 5) is 8.64. The molecule has 3 aromatic rings. The second kappa shape index (κ2) is 4.56. The van der Waals surface area contributed by atoms with Gasteiger partial charge in [0.05, 0.1) is 23.1 Å². The SMILES string of the molecule is C1=C(c2n[nH]c3cnc(-c4cccnc4)cc23)CCC1. The van der Waals surface area contributed by atoms with Crippen molar-refractivity contribution >= 4 is 16.5 Å². The third-order valence-electron chi connectivity index (χ3n) is 3.75. The predicted molar refractivity (Wildman–Crippen MR) is 78.9 cm³/mol. The monoisotopic (exact) mass is 262 g/mol. The topological polar surface area (TPSA) is 54.5 Å². The van der Waals surface area contributed by atoms with E-state index in [4.69, 9.17) is 0 Å². The maximum atomic E-state index is 4.49. The first kappa shape index (κ1) is 11.3. The summed E-state index contributed by atoms with van der Waals surface area (Å²) in [5.41, 5.74) is 5.37. The molecule has 1 aliphatic carbocycles. The number of allylic oxidation sites excluding steroid dienone is 2. The lowest BCUT2D eigenvalue weighted by atomic mass is 10.1. The molecular formula is C16H14N4. The quantitative estimate of drug-likeness (QED) is 0.768. The van der Waals surface area contributed by atoms with E-state index in [-0.39, 0.29) is 0 Å². The van der Waals surface area contributed by atoms with Crippen LogP contribution in [0.4, 0.5) is 0 Å². The smallest absolute Gasteiger partial charge is 0.0957 e. The second-order valence-electron chi connectivity index (χ2n) is 5.05. The van der Waals surface area contributed by atoms with Crippen molar-refractivity contribution in [3.8, 4) is 11.3 Å². The van der Waals surface area contributed by atoms with Gasteiger partial charge in [0.25, 0.3) is 0 Å². The van der Waals surface area contributed by atoms with Crippen LogP contribution in [-0.4, -0.2) is 20.2 Å². The summed E-state index contributed by atoms with van der Waals surface area (Å²) < 4.78 is 0. The summed E-state index contributed by atoms with van der Waals surface area (Å²) in [5, 5.41) is 8.68. The van der Waals surface area contributed by atoms with Crippen LogP contribution in [0.2, 0.25) is 0 Å². The number of rotatable bonds is 2. The van der Waals surface area contributed by atoms with Crippen molar-refractivity contribution in [3.05, 3.63) is 48.6 Å². The molecule has 0 bridgehead atoms. The van der Waals surface area contributed by atoms with Crippen LogP contribution < -0.4 is 0 Å². The van der Waals surface area contributed by atoms with Crippen molar-refractivity contribution in [1.29, 1.82) is 0 Å². The van der Waals surface area contributed by atoms with Crippen LogP contribution in [0.3, 0.4) is 0 Å². The highest BCUT2D eigenvalue weighted by atomic mass is 15.1. The molecule has 0 atom stereocenters. The van der Waals surface area contributed by atoms with Crippen LogP contribution in [0.25, 0.3) is 27.7 Å². The van der Waals surface area contributed by atoms with E-state index >= 15 is 0 Å². The van der Waals surface area contributed by atoms with Gasteiger partial charge in [0, 0.05) is 23.3 Å². The first-order chi connectivity index (χ1) is 9.92. The highest BCUT2D eigenvalue weighted by Gasteiger charge is 2.14. The van der Waals surface area contributed by atoms with E-state index < -0.39 is 0 Å². The number of H-pyrrole nitrogens is 1. The number of aromatic nitrogens is 4. The van der Waals surface area contributed by atoms with E-state index in [0.717, 1.165) is 40.7 Å². The molecular weight excluding hydrogens is 248 g/mol. The largest absolute Gasteiger partial charge is 0.276 e. The van der Waals surface area contributed by atoms with Gasteiger partial charge in [-0.05, 0) is 43.0 Å². The van der Waals surface area contributed by atoms with Gasteiger partial charge in [-0.1, -0.05) is 6.08 Å². The molecule has 4 nitrogen and oxygen atoms in total. The molecule has 3 aromatic heterocycles. The van der Waals surface area contributed by atoms with E-state index in [2.05, 4.69) is 32.3 Å². The first-order valence-corrected chi connectivity index (χ1v) is 6.86. The summed E-state index contributed by atoms with van der Waals surface area (Å²) in [6, 6.07) is 6.05. The van der Waals surface area contributed by atoms with E-state index in [1.54, 1.807) is 6.20 Å². The van der Waals surface area contributed by atoms with Crippen LogP contribution >= 0.6 is 0 Å². The minimum Gasteiger partial charge on any atom is -0.276 e. The van der Waals surface area contributed by atoms with E-state index in [9.17, 15) is 0 Å². The number of nitrogens with zero attached hydrogens (tertiary/aromatic N) is 3. The highest BCUT2D eigenvalue weighted by Crippen LogP contribution is 2.32. The Morgan fingerprint density at radius 1 is 1.20 bits per heavy atom. The van der Waals surface area contributed by atoms with Crippen molar-refractivity contribution in [2.24, 2.45) is 0 Å². The summed E-state index contributed by atoms with van der Waals surface area (Å²) in [6.45, 7) is 0. The minimum atomic E-state index is 0.937. The minimum absolute atomic E-state index is 0.937. The van der Waals surface area contributed by atoms with Gasteiger partial charge in [-0.25, -0.2) is 0 Å². The maximum Gasteiger partial charge on any atom is 0.0957 e. The lowest BCUT2D eigenvalue weighted by Gasteiger charge is -2.01. The average molecular weight is 262 g/mol. The Morgan fingerprint density at radius 3 is 3.00 bits per heavy atom. The highest BCUT2D eigenvalue weighted by molar-refractivity contribution is 5.92. The van der Waals surface area contributed by atoms with Crippen molar-refractivity contribution in [2.45, 2.75) is 19.3 Å². The van der Waals surface area contributed by atoms with Gasteiger partial charge in [-0.15, -0.1) is 0 Å². The van der Waals surface area contributed by atoms with Gasteiger partial charge in [0.15, 0.2) is 0 Å². The number of aromatic amines is 1. The van der Waals surface area contributed by atoms with Crippen molar-refractivity contribution < 1.29 is 0 Å². The Bertz CT molecular complexity index is 787. The van der Waals surface area contributed by atoms with Gasteiger partial charge in [-0.3, -0.25) is 15.1 Å². The molecule has 4 rings (SSSR count). The molecule has 3 heterocycles. The van der Waals surface area contributed by atoms with Crippen LogP contribution in [-0.2, 0) is 0 Å². The Balaban J connectivity index is 1.88. The number of hydrogen-bond donors (Lipinski definition) is 1. The molecule has 1 N–H and O–H groups in total. The molecule has 4 heteroatoms. The molecule has 1 aliphatic rings. The number of pyridine rings is 2. The molecule has 0 spiro atoms. The number of hydrogen-bond acceptors (Lipinski definition) is 3. The molecule has 0 unspecified atom stereocenters. The number of nitrogens with one attached hydrogen (secondary N) is 1. The third kappa shape index (κ3) is 1.81. The van der Waals surface area contributed by atoms with Gasteiger partial charge in [0.1, 0.15) is 0 Å². The zero-order chi connectivity index (χ0) is 13.4. The summed E-state index contributed by atoms with van der Waals surface area (Å²) in [5.74, 6) is 0. The lowest BCUT2D eigenvalue weighted by Crippen LogP contribution is -1.86. The average Bonchev–Trinajstić information content (AvgIpc) is 3.16. The van der Waals surface area contributed by atoms with Gasteiger partial charge in [0.2, 0.25) is 0 Å². The van der Waals surface area contributed by atoms with Crippen LogP contribution in [0.1, 0.15) is 25.0 Å². The van der Waals surface area contributed by atoms with Gasteiger partial charge < -0.3 is 0 Å². The van der Waals surface area contributed by atoms with Gasteiger partial charge >= 0.3 is 0 Å². The Kier molecular flexibility index (Phi) is 2.59. The fourth-order valence-electron chi connectivity index (χ4n) is 2.72. The third-order valence-corrected chi connectivity index (χ3v) is 3.75. The van der Waals surface area contributed by atoms with E-state index in [1.807, 2.05) is 24.5 Å². The Labute approximate surface area is 116 Å². The summed E-state index contributed by atoms with van der Waals surface area (Å²) in [6.07, 6.45) is 11.2. The number of fused-ring (bicyclic) bond motifs is 1. The summed E-state index contributed by atoms with van der Waals surface area (Å²) >= 11 is 0. The van der Waals surface area contributed by atoms with Crippen LogP contribution in [0, 0.1) is 0 Å². The van der Waals surface area contributed by atoms with Crippen LogP contribution in [0.5, 0.6) is 0 Å². The molecule has 0 amide bonds. The Hall–Kier alpha value is -2.49. The predicted octanol–water partition coefficient (Wildman–Crippen LogP) is 3.59. The Morgan fingerprint density at radius 2 is 2.20 bits per heavy atom. The fourth-order valence-corrected chi connectivity index (χ4v) is 2.72.